The highest BCUT2D eigenvalue weighted by atomic mass is 16.2. The van der Waals surface area contributed by atoms with Crippen molar-refractivity contribution < 1.29 is 19.2 Å². The van der Waals surface area contributed by atoms with Crippen molar-refractivity contribution in [2.45, 2.75) is 6.42 Å². The molecule has 5 aromatic rings. The van der Waals surface area contributed by atoms with Crippen LogP contribution in [0.1, 0.15) is 12.0 Å². The molecule has 6 heteroatoms. The summed E-state index contributed by atoms with van der Waals surface area (Å²) in [6.07, 6.45) is 4.58. The van der Waals surface area contributed by atoms with Gasteiger partial charge >= 0.3 is 0 Å². The number of allylic oxidation sites excluding steroid dienone is 4. The minimum Gasteiger partial charge on any atom is -0.274 e. The van der Waals surface area contributed by atoms with E-state index >= 15 is 0 Å². The zero-order chi connectivity index (χ0) is 32.3. The summed E-state index contributed by atoms with van der Waals surface area (Å²) in [5.74, 6) is -4.19. The highest BCUT2D eigenvalue weighted by Crippen LogP contribution is 2.63. The number of carbonyl (C=O) groups is 4. The highest BCUT2D eigenvalue weighted by Gasteiger charge is 2.67. The summed E-state index contributed by atoms with van der Waals surface area (Å²) in [6.45, 7) is 0. The van der Waals surface area contributed by atoms with Crippen LogP contribution in [-0.4, -0.2) is 23.6 Å². The maximum atomic E-state index is 14.6. The van der Waals surface area contributed by atoms with Crippen LogP contribution in [0.2, 0.25) is 0 Å². The first kappa shape index (κ1) is 27.5. The molecule has 0 radical (unpaired) electrons. The largest absolute Gasteiger partial charge is 0.274 e. The van der Waals surface area contributed by atoms with Gasteiger partial charge in [-0.05, 0) is 69.3 Å². The van der Waals surface area contributed by atoms with Gasteiger partial charge in [0.25, 0.3) is 0 Å². The van der Waals surface area contributed by atoms with Crippen molar-refractivity contribution in [2.75, 3.05) is 9.80 Å². The SMILES string of the molecule is O=C1[C@@H]2[C@H]3C(=C(c4ccccc4)C[C@H]2C(=O)N1c1ccc2ccccc2c1)[C@H]1C=C[C@H]3[C@@H]2C(=O)N(c3ccc4ccccc4c3)C(=O)[C@@H]21. The van der Waals surface area contributed by atoms with Gasteiger partial charge in [-0.15, -0.1) is 0 Å². The van der Waals surface area contributed by atoms with E-state index < -0.39 is 23.7 Å². The van der Waals surface area contributed by atoms with Crippen LogP contribution >= 0.6 is 0 Å². The Morgan fingerprint density at radius 1 is 0.479 bits per heavy atom. The van der Waals surface area contributed by atoms with Gasteiger partial charge in [-0.25, -0.2) is 4.90 Å². The summed E-state index contributed by atoms with van der Waals surface area (Å²) in [6, 6.07) is 37.3. The van der Waals surface area contributed by atoms with Gasteiger partial charge in [-0.1, -0.05) is 109 Å². The molecule has 4 aliphatic carbocycles. The Hall–Kier alpha value is -5.62. The number of anilines is 2. The molecule has 7 atom stereocenters. The number of hydrogen-bond donors (Lipinski definition) is 0. The highest BCUT2D eigenvalue weighted by molar-refractivity contribution is 6.25. The Labute approximate surface area is 277 Å². The third-order valence-corrected chi connectivity index (χ3v) is 11.6. The fourth-order valence-electron chi connectivity index (χ4n) is 9.66. The third kappa shape index (κ3) is 3.63. The Kier molecular flexibility index (Phi) is 5.69. The Morgan fingerprint density at radius 3 is 1.67 bits per heavy atom. The molecule has 3 fully saturated rings. The van der Waals surface area contributed by atoms with Crippen LogP contribution in [0.25, 0.3) is 27.1 Å². The second-order valence-corrected chi connectivity index (χ2v) is 13.8. The minimum atomic E-state index is -0.609. The average molecular weight is 627 g/mol. The van der Waals surface area contributed by atoms with E-state index in [0.717, 1.165) is 38.3 Å². The molecule has 11 rings (SSSR count). The predicted molar refractivity (Wildman–Crippen MR) is 184 cm³/mol. The summed E-state index contributed by atoms with van der Waals surface area (Å²) in [5.41, 5.74) is 4.24. The number of rotatable bonds is 3. The molecule has 2 heterocycles. The van der Waals surface area contributed by atoms with E-state index in [-0.39, 0.29) is 41.4 Å². The topological polar surface area (TPSA) is 74.8 Å². The summed E-state index contributed by atoms with van der Waals surface area (Å²) in [7, 11) is 0. The average Bonchev–Trinajstić information content (AvgIpc) is 3.56. The van der Waals surface area contributed by atoms with Gasteiger partial charge in [0.15, 0.2) is 0 Å². The fraction of sp³-hybridized carbons (Fsp3) is 0.190. The molecular formula is C42H30N2O4. The number of amides is 4. The van der Waals surface area contributed by atoms with E-state index in [0.29, 0.717) is 17.8 Å². The molecule has 2 bridgehead atoms. The van der Waals surface area contributed by atoms with E-state index in [1.54, 1.807) is 0 Å². The molecule has 48 heavy (non-hydrogen) atoms. The maximum Gasteiger partial charge on any atom is 0.238 e. The van der Waals surface area contributed by atoms with Crippen molar-refractivity contribution in [3.05, 3.63) is 139 Å². The van der Waals surface area contributed by atoms with Gasteiger partial charge in [-0.2, -0.15) is 0 Å². The van der Waals surface area contributed by atoms with E-state index in [1.807, 2.05) is 103 Å². The Balaban J connectivity index is 1.11. The predicted octanol–water partition coefficient (Wildman–Crippen LogP) is 7.19. The summed E-state index contributed by atoms with van der Waals surface area (Å²) in [4.78, 5) is 60.6. The summed E-state index contributed by atoms with van der Waals surface area (Å²) in [5, 5.41) is 3.99. The van der Waals surface area contributed by atoms with Crippen molar-refractivity contribution in [2.24, 2.45) is 41.4 Å². The first-order valence-corrected chi connectivity index (χ1v) is 16.7. The van der Waals surface area contributed by atoms with E-state index in [1.165, 1.54) is 9.80 Å². The second-order valence-electron chi connectivity index (χ2n) is 13.8. The van der Waals surface area contributed by atoms with Crippen LogP contribution in [0.15, 0.2) is 133 Å². The lowest BCUT2D eigenvalue weighted by atomic mass is 9.49. The van der Waals surface area contributed by atoms with Crippen LogP contribution in [0.5, 0.6) is 0 Å². The van der Waals surface area contributed by atoms with Gasteiger partial charge in [0.05, 0.1) is 35.0 Å². The lowest BCUT2D eigenvalue weighted by molar-refractivity contribution is -0.129. The molecule has 0 aromatic heterocycles. The summed E-state index contributed by atoms with van der Waals surface area (Å²) >= 11 is 0. The molecule has 232 valence electrons. The number of fused-ring (bicyclic) bond motifs is 3. The lowest BCUT2D eigenvalue weighted by Crippen LogP contribution is -2.51. The van der Waals surface area contributed by atoms with Gasteiger partial charge in [0.2, 0.25) is 23.6 Å². The van der Waals surface area contributed by atoms with E-state index in [9.17, 15) is 19.2 Å². The van der Waals surface area contributed by atoms with Gasteiger partial charge in [0.1, 0.15) is 0 Å². The smallest absolute Gasteiger partial charge is 0.238 e. The maximum absolute atomic E-state index is 14.6. The number of hydrogen-bond acceptors (Lipinski definition) is 4. The van der Waals surface area contributed by atoms with Crippen LogP contribution in [-0.2, 0) is 19.2 Å². The molecule has 4 amide bonds. The normalized spacial score (nSPS) is 28.9. The molecule has 0 unspecified atom stereocenters. The van der Waals surface area contributed by atoms with Crippen molar-refractivity contribution in [1.29, 1.82) is 0 Å². The number of benzene rings is 5. The van der Waals surface area contributed by atoms with Gasteiger partial charge in [0, 0.05) is 11.8 Å². The summed E-state index contributed by atoms with van der Waals surface area (Å²) < 4.78 is 0. The van der Waals surface area contributed by atoms with Crippen molar-refractivity contribution in [1.82, 2.24) is 0 Å². The standard InChI is InChI=1S/C42H30N2O4/c45-39-33-22-32(25-10-2-1-3-11-25)34-30-18-19-31(35(34)38(33)42(48)43(39)28-16-14-23-8-4-6-12-26(23)20-28)37-36(30)40(46)44(41(37)47)29-17-15-24-9-5-7-13-27(24)21-29/h1-21,30-31,33,35-38H,22H2/t30-,31-,33-,35-,36-,37+,38+/m1/s1. The minimum absolute atomic E-state index is 0.188. The molecule has 2 saturated heterocycles. The van der Waals surface area contributed by atoms with Gasteiger partial charge < -0.3 is 0 Å². The lowest BCUT2D eigenvalue weighted by Gasteiger charge is -2.51. The second kappa shape index (κ2) is 9.94. The molecule has 1 saturated carbocycles. The molecule has 6 aliphatic rings. The molecule has 0 spiro atoms. The zero-order valence-electron chi connectivity index (χ0n) is 25.9. The molecular weight excluding hydrogens is 596 g/mol. The number of nitrogens with zero attached hydrogens (tertiary/aromatic N) is 2. The van der Waals surface area contributed by atoms with Gasteiger partial charge in [-0.3, -0.25) is 24.1 Å². The van der Waals surface area contributed by atoms with Crippen molar-refractivity contribution in [3.8, 4) is 0 Å². The van der Waals surface area contributed by atoms with Crippen LogP contribution in [0, 0.1) is 41.4 Å². The van der Waals surface area contributed by atoms with E-state index in [4.69, 9.17) is 0 Å². The first-order chi connectivity index (χ1) is 23.5. The monoisotopic (exact) mass is 626 g/mol. The molecule has 6 nitrogen and oxygen atoms in total. The van der Waals surface area contributed by atoms with Crippen LogP contribution < -0.4 is 9.80 Å². The third-order valence-electron chi connectivity index (χ3n) is 11.6. The Bertz CT molecular complexity index is 2320. The van der Waals surface area contributed by atoms with E-state index in [2.05, 4.69) is 24.3 Å². The quantitative estimate of drug-likeness (QED) is 0.157. The van der Waals surface area contributed by atoms with Crippen molar-refractivity contribution in [3.63, 3.8) is 0 Å². The number of imide groups is 2. The first-order valence-electron chi connectivity index (χ1n) is 16.7. The van der Waals surface area contributed by atoms with Crippen LogP contribution in [0.3, 0.4) is 0 Å². The zero-order valence-corrected chi connectivity index (χ0v) is 25.9. The van der Waals surface area contributed by atoms with Crippen molar-refractivity contribution >= 4 is 62.1 Å². The fourth-order valence-corrected chi connectivity index (χ4v) is 9.66. The van der Waals surface area contributed by atoms with Crippen LogP contribution in [0.4, 0.5) is 11.4 Å². The molecule has 2 aliphatic heterocycles. The molecule has 0 N–H and O–H groups in total. The Morgan fingerprint density at radius 2 is 1.02 bits per heavy atom. The number of carbonyl (C=O) groups excluding carboxylic acids is 4. The molecule has 5 aromatic carbocycles.